The van der Waals surface area contributed by atoms with Crippen molar-refractivity contribution in [1.29, 1.82) is 0 Å². The fraction of sp³-hybridized carbons (Fsp3) is 0.800. The number of carbonyl (C=O) groups excluding carboxylic acids is 1. The number of carbonyl (C=O) groups is 1. The minimum absolute atomic E-state index is 0.411. The second-order valence-electron chi connectivity index (χ2n) is 1.75. The molecule has 0 saturated heterocycles. The van der Waals surface area contributed by atoms with Gasteiger partial charge < -0.3 is 5.32 Å². The molecular weight excluding hydrogens is 208 g/mol. The average molecular weight is 216 g/mol. The topological polar surface area (TPSA) is 29.1 Å². The van der Waals surface area contributed by atoms with E-state index in [-0.39, 0.29) is 0 Å². The number of hydrogen-bond acceptors (Lipinski definition) is 1. The Hall–Kier alpha value is -0.190. The van der Waals surface area contributed by atoms with E-state index in [1.54, 1.807) is 6.92 Å². The predicted octanol–water partition coefficient (Wildman–Crippen LogP) is 1.15. The lowest BCUT2D eigenvalue weighted by Gasteiger charge is -2.04. The molecule has 1 atom stereocenters. The molecule has 2 nitrogen and oxygen atoms in total. The summed E-state index contributed by atoms with van der Waals surface area (Å²) < 4.78 is 22.9. The summed E-state index contributed by atoms with van der Waals surface area (Å²) in [6, 6.07) is 0. The highest BCUT2D eigenvalue weighted by Gasteiger charge is 2.09. The van der Waals surface area contributed by atoms with Crippen molar-refractivity contribution in [1.82, 2.24) is 5.32 Å². The number of rotatable bonds is 3. The van der Waals surface area contributed by atoms with E-state index < -0.39 is 23.7 Å². The van der Waals surface area contributed by atoms with Crippen LogP contribution in [0.3, 0.4) is 0 Å². The molecule has 60 valence electrons. The third-order valence-corrected chi connectivity index (χ3v) is 1.21. The molecule has 0 saturated carbocycles. The molecule has 0 aromatic heterocycles. The van der Waals surface area contributed by atoms with Gasteiger partial charge in [0.05, 0.1) is 11.4 Å². The molecule has 0 spiro atoms. The van der Waals surface area contributed by atoms with Gasteiger partial charge in [-0.15, -0.1) is 0 Å². The van der Waals surface area contributed by atoms with Crippen molar-refractivity contribution in [3.05, 3.63) is 0 Å². The minimum Gasteiger partial charge on any atom is -0.349 e. The van der Waals surface area contributed by atoms with Gasteiger partial charge in [-0.3, -0.25) is 4.79 Å². The van der Waals surface area contributed by atoms with E-state index in [0.717, 1.165) is 0 Å². The molecule has 0 aromatic carbocycles. The van der Waals surface area contributed by atoms with Crippen LogP contribution in [-0.2, 0) is 4.79 Å². The summed E-state index contributed by atoms with van der Waals surface area (Å²) in [5.74, 6) is -0.416. The number of alkyl halides is 3. The molecule has 5 heteroatoms. The third-order valence-electron chi connectivity index (χ3n) is 0.792. The smallest absolute Gasteiger partial charge is 0.255 e. The highest BCUT2D eigenvalue weighted by molar-refractivity contribution is 9.10. The van der Waals surface area contributed by atoms with Crippen molar-refractivity contribution >= 4 is 21.8 Å². The summed E-state index contributed by atoms with van der Waals surface area (Å²) in [7, 11) is 0. The summed E-state index contributed by atoms with van der Waals surface area (Å²) >= 11 is 2.93. The van der Waals surface area contributed by atoms with Crippen LogP contribution in [0.2, 0.25) is 0 Å². The van der Waals surface area contributed by atoms with Crippen LogP contribution in [-0.4, -0.2) is 23.7 Å². The van der Waals surface area contributed by atoms with Crippen molar-refractivity contribution in [3.8, 4) is 0 Å². The zero-order valence-corrected chi connectivity index (χ0v) is 6.99. The quantitative estimate of drug-likeness (QED) is 0.704. The molecule has 0 aliphatic rings. The molecule has 1 unspecified atom stereocenters. The van der Waals surface area contributed by atoms with Crippen LogP contribution in [0, 0.1) is 0 Å². The van der Waals surface area contributed by atoms with Crippen molar-refractivity contribution in [3.63, 3.8) is 0 Å². The summed E-state index contributed by atoms with van der Waals surface area (Å²) in [6.45, 7) is 0.996. The van der Waals surface area contributed by atoms with Gasteiger partial charge in [0.2, 0.25) is 5.91 Å². The molecule has 0 heterocycles. The van der Waals surface area contributed by atoms with E-state index in [2.05, 4.69) is 15.9 Å². The first-order valence-electron chi connectivity index (χ1n) is 2.74. The number of halogens is 3. The van der Waals surface area contributed by atoms with Gasteiger partial charge >= 0.3 is 0 Å². The molecule has 0 aliphatic heterocycles. The Labute approximate surface area is 66.1 Å². The van der Waals surface area contributed by atoms with Crippen molar-refractivity contribution in [2.75, 3.05) is 6.54 Å². The van der Waals surface area contributed by atoms with Gasteiger partial charge in [0.25, 0.3) is 6.43 Å². The van der Waals surface area contributed by atoms with Crippen molar-refractivity contribution in [2.24, 2.45) is 0 Å². The molecule has 0 aliphatic carbocycles. The average Bonchev–Trinajstić information content (AvgIpc) is 1.82. The highest BCUT2D eigenvalue weighted by Crippen LogP contribution is 1.96. The van der Waals surface area contributed by atoms with E-state index in [1.165, 1.54) is 0 Å². The minimum atomic E-state index is -2.48. The normalized spacial score (nSPS) is 13.3. The lowest BCUT2D eigenvalue weighted by molar-refractivity contribution is -0.120. The molecular formula is C5H8BrF2NO. The zero-order valence-electron chi connectivity index (χ0n) is 5.40. The fourth-order valence-corrected chi connectivity index (χ4v) is 0.480. The Morgan fingerprint density at radius 3 is 2.50 bits per heavy atom. The van der Waals surface area contributed by atoms with Crippen LogP contribution in [0.4, 0.5) is 8.78 Å². The molecule has 1 amide bonds. The van der Waals surface area contributed by atoms with Crippen LogP contribution >= 0.6 is 15.9 Å². The van der Waals surface area contributed by atoms with E-state index in [4.69, 9.17) is 0 Å². The Kier molecular flexibility index (Phi) is 4.51. The molecule has 0 rings (SSSR count). The first-order chi connectivity index (χ1) is 4.54. The van der Waals surface area contributed by atoms with Gasteiger partial charge in [-0.05, 0) is 6.92 Å². The Bertz CT molecular complexity index is 118. The summed E-state index contributed by atoms with van der Waals surface area (Å²) in [5, 5.41) is 2.05. The van der Waals surface area contributed by atoms with Crippen molar-refractivity contribution < 1.29 is 13.6 Å². The van der Waals surface area contributed by atoms with Crippen LogP contribution in [0.5, 0.6) is 0 Å². The monoisotopic (exact) mass is 215 g/mol. The number of nitrogens with one attached hydrogen (secondary N) is 1. The molecule has 0 aromatic rings. The molecule has 1 N–H and O–H groups in total. The van der Waals surface area contributed by atoms with Crippen LogP contribution in [0.15, 0.2) is 0 Å². The fourth-order valence-electron chi connectivity index (χ4n) is 0.318. The van der Waals surface area contributed by atoms with Gasteiger partial charge in [0.15, 0.2) is 0 Å². The lowest BCUT2D eigenvalue weighted by Crippen LogP contribution is -2.33. The van der Waals surface area contributed by atoms with Gasteiger partial charge in [-0.1, -0.05) is 15.9 Å². The van der Waals surface area contributed by atoms with Gasteiger partial charge in [0.1, 0.15) is 0 Å². The van der Waals surface area contributed by atoms with Crippen molar-refractivity contribution in [2.45, 2.75) is 18.2 Å². The van der Waals surface area contributed by atoms with Crippen LogP contribution in [0.25, 0.3) is 0 Å². The summed E-state index contributed by atoms with van der Waals surface area (Å²) in [5.41, 5.74) is 0. The van der Waals surface area contributed by atoms with Crippen LogP contribution < -0.4 is 5.32 Å². The first kappa shape index (κ1) is 9.81. The second kappa shape index (κ2) is 4.60. The van der Waals surface area contributed by atoms with Gasteiger partial charge in [-0.2, -0.15) is 0 Å². The van der Waals surface area contributed by atoms with E-state index in [9.17, 15) is 13.6 Å². The van der Waals surface area contributed by atoms with E-state index in [1.807, 2.05) is 5.32 Å². The largest absolute Gasteiger partial charge is 0.349 e. The van der Waals surface area contributed by atoms with E-state index in [0.29, 0.717) is 0 Å². The zero-order chi connectivity index (χ0) is 8.15. The Morgan fingerprint density at radius 2 is 2.20 bits per heavy atom. The Morgan fingerprint density at radius 1 is 1.70 bits per heavy atom. The highest BCUT2D eigenvalue weighted by atomic mass is 79.9. The Balaban J connectivity index is 3.40. The maximum absolute atomic E-state index is 11.4. The van der Waals surface area contributed by atoms with Gasteiger partial charge in [-0.25, -0.2) is 8.78 Å². The van der Waals surface area contributed by atoms with Crippen LogP contribution in [0.1, 0.15) is 6.92 Å². The molecule has 0 fully saturated rings. The third kappa shape index (κ3) is 4.67. The SMILES string of the molecule is CC(Br)C(=O)NCC(F)F. The second-order valence-corrected chi connectivity index (χ2v) is 3.13. The van der Waals surface area contributed by atoms with Gasteiger partial charge in [0, 0.05) is 0 Å². The predicted molar refractivity (Wildman–Crippen MR) is 37.4 cm³/mol. The summed E-state index contributed by atoms with van der Waals surface area (Å²) in [6.07, 6.45) is -2.48. The number of amides is 1. The standard InChI is InChI=1S/C5H8BrF2NO/c1-3(6)5(10)9-2-4(7)8/h3-4H,2H2,1H3,(H,9,10). The molecule has 10 heavy (non-hydrogen) atoms. The molecule has 0 radical (unpaired) electrons. The maximum atomic E-state index is 11.4. The number of hydrogen-bond donors (Lipinski definition) is 1. The maximum Gasteiger partial charge on any atom is 0.255 e. The first-order valence-corrected chi connectivity index (χ1v) is 3.65. The van der Waals surface area contributed by atoms with E-state index >= 15 is 0 Å². The molecule has 0 bridgehead atoms. The lowest BCUT2D eigenvalue weighted by atomic mass is 10.4. The summed E-state index contributed by atoms with van der Waals surface area (Å²) in [4.78, 5) is 10.1.